The van der Waals surface area contributed by atoms with Crippen LogP contribution in [-0.4, -0.2) is 20.9 Å². The summed E-state index contributed by atoms with van der Waals surface area (Å²) in [5.41, 5.74) is 1.51. The lowest BCUT2D eigenvalue weighted by molar-refractivity contribution is 0.0701. The molecular formula is C14H11ClN2O2S. The van der Waals surface area contributed by atoms with Gasteiger partial charge in [-0.15, -0.1) is 11.3 Å². The molecule has 0 aliphatic carbocycles. The third-order valence-electron chi connectivity index (χ3n) is 3.10. The van der Waals surface area contributed by atoms with E-state index in [0.717, 1.165) is 21.3 Å². The number of aromatic nitrogens is 2. The number of aromatic carboxylic acids is 1. The monoisotopic (exact) mass is 306 g/mol. The van der Waals surface area contributed by atoms with Crippen molar-refractivity contribution in [1.82, 2.24) is 9.78 Å². The molecule has 4 nitrogen and oxygen atoms in total. The number of aryl methyl sites for hydroxylation is 1. The van der Waals surface area contributed by atoms with E-state index in [4.69, 9.17) is 11.6 Å². The van der Waals surface area contributed by atoms with Gasteiger partial charge in [-0.25, -0.2) is 4.79 Å². The Morgan fingerprint density at radius 2 is 2.20 bits per heavy atom. The van der Waals surface area contributed by atoms with Crippen LogP contribution in [0.15, 0.2) is 30.5 Å². The standard InChI is InChI=1S/C14H11ClN2O2S/c1-8-11(15)7-17(16-8)6-10-9-4-2-3-5-12(9)20-13(10)14(18)19/h2-5,7H,6H2,1H3,(H,18,19). The molecule has 1 N–H and O–H groups in total. The molecule has 0 aliphatic rings. The number of hydrogen-bond donors (Lipinski definition) is 1. The number of carboxylic acids is 1. The van der Waals surface area contributed by atoms with Crippen LogP contribution in [0, 0.1) is 6.92 Å². The number of carbonyl (C=O) groups is 1. The maximum Gasteiger partial charge on any atom is 0.346 e. The fourth-order valence-electron chi connectivity index (χ4n) is 2.17. The molecule has 0 aliphatic heterocycles. The van der Waals surface area contributed by atoms with E-state index in [9.17, 15) is 9.90 Å². The van der Waals surface area contributed by atoms with E-state index >= 15 is 0 Å². The van der Waals surface area contributed by atoms with Crippen molar-refractivity contribution in [2.45, 2.75) is 13.5 Å². The van der Waals surface area contributed by atoms with Crippen molar-refractivity contribution >= 4 is 39.0 Å². The Kier molecular flexibility index (Phi) is 3.23. The Hall–Kier alpha value is -1.85. The molecule has 6 heteroatoms. The number of nitrogens with zero attached hydrogens (tertiary/aromatic N) is 2. The predicted octanol–water partition coefficient (Wildman–Crippen LogP) is 3.81. The van der Waals surface area contributed by atoms with Gasteiger partial charge >= 0.3 is 5.97 Å². The third-order valence-corrected chi connectivity index (χ3v) is 4.67. The first kappa shape index (κ1) is 13.1. The van der Waals surface area contributed by atoms with Gasteiger partial charge in [-0.1, -0.05) is 29.8 Å². The lowest BCUT2D eigenvalue weighted by Crippen LogP contribution is -2.05. The Balaban J connectivity index is 2.13. The zero-order chi connectivity index (χ0) is 14.3. The van der Waals surface area contributed by atoms with Gasteiger partial charge in [0.15, 0.2) is 0 Å². The molecule has 2 heterocycles. The van der Waals surface area contributed by atoms with Crippen molar-refractivity contribution in [2.24, 2.45) is 0 Å². The maximum atomic E-state index is 11.4. The van der Waals surface area contributed by atoms with E-state index in [0.29, 0.717) is 16.4 Å². The molecule has 0 radical (unpaired) electrons. The molecule has 0 spiro atoms. The van der Waals surface area contributed by atoms with Crippen LogP contribution in [0.25, 0.3) is 10.1 Å². The summed E-state index contributed by atoms with van der Waals surface area (Å²) in [6, 6.07) is 7.68. The second kappa shape index (κ2) is 4.92. The smallest absolute Gasteiger partial charge is 0.346 e. The highest BCUT2D eigenvalue weighted by Gasteiger charge is 2.18. The molecule has 0 bridgehead atoms. The van der Waals surface area contributed by atoms with Crippen molar-refractivity contribution < 1.29 is 9.90 Å². The summed E-state index contributed by atoms with van der Waals surface area (Å²) in [6.45, 7) is 2.22. The van der Waals surface area contributed by atoms with Gasteiger partial charge in [0.05, 0.1) is 17.3 Å². The van der Waals surface area contributed by atoms with Crippen molar-refractivity contribution in [1.29, 1.82) is 0 Å². The molecule has 3 aromatic rings. The molecule has 0 atom stereocenters. The van der Waals surface area contributed by atoms with Gasteiger partial charge in [0, 0.05) is 16.5 Å². The van der Waals surface area contributed by atoms with Gasteiger partial charge in [-0.2, -0.15) is 5.10 Å². The van der Waals surface area contributed by atoms with Crippen LogP contribution >= 0.6 is 22.9 Å². The quantitative estimate of drug-likeness (QED) is 0.800. The van der Waals surface area contributed by atoms with Crippen LogP contribution in [0.3, 0.4) is 0 Å². The van der Waals surface area contributed by atoms with Crippen LogP contribution in [0.4, 0.5) is 0 Å². The topological polar surface area (TPSA) is 55.1 Å². The largest absolute Gasteiger partial charge is 0.477 e. The lowest BCUT2D eigenvalue weighted by atomic mass is 10.1. The number of carboxylic acid groups (broad SMARTS) is 1. The van der Waals surface area contributed by atoms with E-state index in [2.05, 4.69) is 5.10 Å². The summed E-state index contributed by atoms with van der Waals surface area (Å²) in [7, 11) is 0. The van der Waals surface area contributed by atoms with Gasteiger partial charge in [0.25, 0.3) is 0 Å². The Morgan fingerprint density at radius 1 is 1.45 bits per heavy atom. The predicted molar refractivity (Wildman–Crippen MR) is 79.9 cm³/mol. The maximum absolute atomic E-state index is 11.4. The zero-order valence-electron chi connectivity index (χ0n) is 10.6. The Labute approximate surface area is 124 Å². The first-order chi connectivity index (χ1) is 9.56. The SMILES string of the molecule is Cc1nn(Cc2c(C(=O)O)sc3ccccc23)cc1Cl. The normalized spacial score (nSPS) is 11.1. The average molecular weight is 307 g/mol. The highest BCUT2D eigenvalue weighted by molar-refractivity contribution is 7.21. The summed E-state index contributed by atoms with van der Waals surface area (Å²) in [4.78, 5) is 11.8. The molecule has 2 aromatic heterocycles. The molecule has 3 rings (SSSR count). The molecular weight excluding hydrogens is 296 g/mol. The van der Waals surface area contributed by atoms with E-state index in [1.165, 1.54) is 11.3 Å². The Morgan fingerprint density at radius 3 is 2.85 bits per heavy atom. The van der Waals surface area contributed by atoms with Crippen LogP contribution < -0.4 is 0 Å². The number of rotatable bonds is 3. The summed E-state index contributed by atoms with van der Waals surface area (Å²) in [5.74, 6) is -0.906. The number of benzene rings is 1. The fraction of sp³-hybridized carbons (Fsp3) is 0.143. The minimum absolute atomic E-state index is 0.357. The lowest BCUT2D eigenvalue weighted by Gasteiger charge is -2.02. The molecule has 0 fully saturated rings. The minimum atomic E-state index is -0.906. The third kappa shape index (κ3) is 2.19. The van der Waals surface area contributed by atoms with Gasteiger partial charge in [0.2, 0.25) is 0 Å². The molecule has 102 valence electrons. The first-order valence-electron chi connectivity index (χ1n) is 5.99. The number of fused-ring (bicyclic) bond motifs is 1. The summed E-state index contributed by atoms with van der Waals surface area (Å²) < 4.78 is 2.65. The number of hydrogen-bond acceptors (Lipinski definition) is 3. The second-order valence-electron chi connectivity index (χ2n) is 4.47. The Bertz CT molecular complexity index is 787. The van der Waals surface area contributed by atoms with E-state index < -0.39 is 5.97 Å². The molecule has 0 unspecified atom stereocenters. The van der Waals surface area contributed by atoms with Crippen LogP contribution in [-0.2, 0) is 6.54 Å². The van der Waals surface area contributed by atoms with Crippen molar-refractivity contribution in [3.63, 3.8) is 0 Å². The average Bonchev–Trinajstić information content (AvgIpc) is 2.92. The molecule has 0 saturated heterocycles. The van der Waals surface area contributed by atoms with Crippen molar-refractivity contribution in [3.05, 3.63) is 51.6 Å². The van der Waals surface area contributed by atoms with Gasteiger partial charge in [-0.05, 0) is 18.4 Å². The minimum Gasteiger partial charge on any atom is -0.477 e. The zero-order valence-corrected chi connectivity index (χ0v) is 12.2. The van der Waals surface area contributed by atoms with Gasteiger partial charge in [-0.3, -0.25) is 4.68 Å². The van der Waals surface area contributed by atoms with E-state index in [1.807, 2.05) is 31.2 Å². The van der Waals surface area contributed by atoms with Crippen LogP contribution in [0.2, 0.25) is 5.02 Å². The van der Waals surface area contributed by atoms with Crippen LogP contribution in [0.5, 0.6) is 0 Å². The highest BCUT2D eigenvalue weighted by atomic mass is 35.5. The number of thiophene rings is 1. The summed E-state index contributed by atoms with van der Waals surface area (Å²) in [6.07, 6.45) is 1.72. The number of halogens is 1. The summed E-state index contributed by atoms with van der Waals surface area (Å²) in [5, 5.41) is 15.2. The van der Waals surface area contributed by atoms with Gasteiger partial charge in [0.1, 0.15) is 4.88 Å². The molecule has 20 heavy (non-hydrogen) atoms. The van der Waals surface area contributed by atoms with Gasteiger partial charge < -0.3 is 5.11 Å². The van der Waals surface area contributed by atoms with E-state index in [1.54, 1.807) is 10.9 Å². The van der Waals surface area contributed by atoms with Crippen molar-refractivity contribution in [2.75, 3.05) is 0 Å². The molecule has 1 aromatic carbocycles. The van der Waals surface area contributed by atoms with Crippen molar-refractivity contribution in [3.8, 4) is 0 Å². The first-order valence-corrected chi connectivity index (χ1v) is 7.19. The second-order valence-corrected chi connectivity index (χ2v) is 5.93. The molecule has 0 amide bonds. The highest BCUT2D eigenvalue weighted by Crippen LogP contribution is 2.32. The van der Waals surface area contributed by atoms with E-state index in [-0.39, 0.29) is 0 Å². The fourth-order valence-corrected chi connectivity index (χ4v) is 3.37. The summed E-state index contributed by atoms with van der Waals surface area (Å²) >= 11 is 7.28. The van der Waals surface area contributed by atoms with Crippen LogP contribution in [0.1, 0.15) is 20.9 Å². The molecule has 0 saturated carbocycles.